The van der Waals surface area contributed by atoms with Crippen LogP contribution in [-0.4, -0.2) is 16.8 Å². The number of nitrogens with one attached hydrogen (secondary N) is 1. The van der Waals surface area contributed by atoms with Crippen molar-refractivity contribution in [1.82, 2.24) is 10.3 Å². The van der Waals surface area contributed by atoms with Gasteiger partial charge >= 0.3 is 0 Å². The number of hydrogen-bond donors (Lipinski definition) is 1. The van der Waals surface area contributed by atoms with Crippen LogP contribution in [0.25, 0.3) is 0 Å². The molecular formula is C12H17ClN2O. The number of nitrogens with zero attached hydrogens (tertiary/aromatic N) is 1. The van der Waals surface area contributed by atoms with Gasteiger partial charge in [0.05, 0.1) is 11.5 Å². The minimum absolute atomic E-state index is 0.0427. The predicted molar refractivity (Wildman–Crippen MR) is 65.3 cm³/mol. The average Bonchev–Trinajstić information content (AvgIpc) is 2.30. The van der Waals surface area contributed by atoms with Gasteiger partial charge in [0.15, 0.2) is 0 Å². The molecule has 0 aliphatic rings. The summed E-state index contributed by atoms with van der Waals surface area (Å²) in [5.74, 6) is 0.261. The van der Waals surface area contributed by atoms with Crippen molar-refractivity contribution >= 4 is 17.5 Å². The van der Waals surface area contributed by atoms with Gasteiger partial charge in [-0.3, -0.25) is 9.78 Å². The Morgan fingerprint density at radius 1 is 1.62 bits per heavy atom. The largest absolute Gasteiger partial charge is 0.349 e. The molecule has 16 heavy (non-hydrogen) atoms. The van der Waals surface area contributed by atoms with Crippen LogP contribution in [0, 0.1) is 5.41 Å². The van der Waals surface area contributed by atoms with E-state index in [1.165, 1.54) is 0 Å². The summed E-state index contributed by atoms with van der Waals surface area (Å²) in [4.78, 5) is 15.9. The summed E-state index contributed by atoms with van der Waals surface area (Å²) in [6.07, 6.45) is 3.46. The van der Waals surface area contributed by atoms with Gasteiger partial charge < -0.3 is 5.32 Å². The summed E-state index contributed by atoms with van der Waals surface area (Å²) in [6.45, 7) is 5.58. The number of halogens is 1. The van der Waals surface area contributed by atoms with Crippen molar-refractivity contribution in [2.24, 2.45) is 5.41 Å². The fourth-order valence-corrected chi connectivity index (χ4v) is 1.29. The number of carbonyl (C=O) groups is 1. The number of rotatable bonds is 4. The lowest BCUT2D eigenvalue weighted by Gasteiger charge is -2.23. The minimum atomic E-state index is -0.544. The number of amides is 1. The van der Waals surface area contributed by atoms with Crippen molar-refractivity contribution in [3.8, 4) is 0 Å². The molecule has 1 amide bonds. The SMILES string of the molecule is CC(NC(=O)C(C)(C)CCl)c1cccnc1. The highest BCUT2D eigenvalue weighted by molar-refractivity contribution is 6.19. The Balaban J connectivity index is 2.66. The molecule has 4 heteroatoms. The molecule has 0 aromatic carbocycles. The summed E-state index contributed by atoms with van der Waals surface area (Å²) >= 11 is 5.74. The zero-order chi connectivity index (χ0) is 12.2. The zero-order valence-corrected chi connectivity index (χ0v) is 10.6. The molecule has 0 bridgehead atoms. The molecule has 0 saturated heterocycles. The first-order valence-electron chi connectivity index (χ1n) is 5.24. The molecule has 1 aromatic rings. The van der Waals surface area contributed by atoms with Crippen LogP contribution in [0.2, 0.25) is 0 Å². The maximum Gasteiger partial charge on any atom is 0.227 e. The third-order valence-corrected chi connectivity index (χ3v) is 3.15. The van der Waals surface area contributed by atoms with Crippen molar-refractivity contribution in [1.29, 1.82) is 0 Å². The molecule has 0 fully saturated rings. The van der Waals surface area contributed by atoms with Crippen LogP contribution < -0.4 is 5.32 Å². The van der Waals surface area contributed by atoms with Gasteiger partial charge in [-0.15, -0.1) is 11.6 Å². The van der Waals surface area contributed by atoms with Crippen LogP contribution in [0.1, 0.15) is 32.4 Å². The van der Waals surface area contributed by atoms with E-state index in [4.69, 9.17) is 11.6 Å². The van der Waals surface area contributed by atoms with Crippen molar-refractivity contribution in [2.45, 2.75) is 26.8 Å². The lowest BCUT2D eigenvalue weighted by Crippen LogP contribution is -2.39. The number of hydrogen-bond acceptors (Lipinski definition) is 2. The third-order valence-electron chi connectivity index (χ3n) is 2.48. The van der Waals surface area contributed by atoms with E-state index in [1.807, 2.05) is 32.9 Å². The van der Waals surface area contributed by atoms with Crippen LogP contribution >= 0.6 is 11.6 Å². The van der Waals surface area contributed by atoms with Gasteiger partial charge in [-0.1, -0.05) is 6.07 Å². The first kappa shape index (κ1) is 13.0. The van der Waals surface area contributed by atoms with Crippen molar-refractivity contribution in [3.63, 3.8) is 0 Å². The quantitative estimate of drug-likeness (QED) is 0.822. The summed E-state index contributed by atoms with van der Waals surface area (Å²) < 4.78 is 0. The molecule has 0 radical (unpaired) electrons. The number of pyridine rings is 1. The molecule has 88 valence electrons. The topological polar surface area (TPSA) is 42.0 Å². The van der Waals surface area contributed by atoms with Crippen molar-refractivity contribution in [2.75, 3.05) is 5.88 Å². The number of carbonyl (C=O) groups excluding carboxylic acids is 1. The van der Waals surface area contributed by atoms with Crippen molar-refractivity contribution in [3.05, 3.63) is 30.1 Å². The normalized spacial score (nSPS) is 13.2. The van der Waals surface area contributed by atoms with Crippen molar-refractivity contribution < 1.29 is 4.79 Å². The van der Waals surface area contributed by atoms with E-state index >= 15 is 0 Å². The molecule has 1 unspecified atom stereocenters. The summed E-state index contributed by atoms with van der Waals surface area (Å²) in [5, 5.41) is 2.92. The fraction of sp³-hybridized carbons (Fsp3) is 0.500. The highest BCUT2D eigenvalue weighted by Crippen LogP contribution is 2.19. The van der Waals surface area contributed by atoms with Crippen LogP contribution in [0.4, 0.5) is 0 Å². The van der Waals surface area contributed by atoms with E-state index < -0.39 is 5.41 Å². The van der Waals surface area contributed by atoms with Crippen LogP contribution in [-0.2, 0) is 4.79 Å². The molecule has 1 atom stereocenters. The molecule has 1 N–H and O–H groups in total. The van der Waals surface area contributed by atoms with E-state index in [0.29, 0.717) is 5.88 Å². The van der Waals surface area contributed by atoms with Crippen LogP contribution in [0.5, 0.6) is 0 Å². The Hall–Kier alpha value is -1.09. The highest BCUT2D eigenvalue weighted by atomic mass is 35.5. The lowest BCUT2D eigenvalue weighted by molar-refractivity contribution is -0.129. The number of aromatic nitrogens is 1. The summed E-state index contributed by atoms with van der Waals surface area (Å²) in [6, 6.07) is 3.74. The number of alkyl halides is 1. The molecule has 0 aliphatic heterocycles. The lowest BCUT2D eigenvalue weighted by atomic mass is 9.94. The van der Waals surface area contributed by atoms with Gasteiger partial charge in [0.1, 0.15) is 0 Å². The van der Waals surface area contributed by atoms with E-state index in [0.717, 1.165) is 5.56 Å². The second-order valence-corrected chi connectivity index (χ2v) is 4.77. The highest BCUT2D eigenvalue weighted by Gasteiger charge is 2.27. The average molecular weight is 241 g/mol. The molecule has 3 nitrogen and oxygen atoms in total. The molecule has 0 saturated carbocycles. The zero-order valence-electron chi connectivity index (χ0n) is 9.83. The Morgan fingerprint density at radius 3 is 2.81 bits per heavy atom. The molecular weight excluding hydrogens is 224 g/mol. The minimum Gasteiger partial charge on any atom is -0.349 e. The van der Waals surface area contributed by atoms with E-state index in [9.17, 15) is 4.79 Å². The van der Waals surface area contributed by atoms with Gasteiger partial charge in [0.25, 0.3) is 0 Å². The second kappa shape index (κ2) is 5.30. The Kier molecular flexibility index (Phi) is 4.30. The molecule has 0 aliphatic carbocycles. The van der Waals surface area contributed by atoms with Gasteiger partial charge in [-0.05, 0) is 32.4 Å². The third kappa shape index (κ3) is 3.20. The smallest absolute Gasteiger partial charge is 0.227 e. The van der Waals surface area contributed by atoms with Gasteiger partial charge in [0, 0.05) is 18.3 Å². The molecule has 1 heterocycles. The Labute approximate surface area is 101 Å². The predicted octanol–water partition coefficient (Wildman–Crippen LogP) is 2.52. The Morgan fingerprint density at radius 2 is 2.31 bits per heavy atom. The Bertz CT molecular complexity index is 351. The maximum absolute atomic E-state index is 11.9. The monoisotopic (exact) mass is 240 g/mol. The van der Waals surface area contributed by atoms with Crippen LogP contribution in [0.3, 0.4) is 0 Å². The molecule has 1 aromatic heterocycles. The first-order valence-corrected chi connectivity index (χ1v) is 5.77. The standard InChI is InChI=1S/C12H17ClN2O/c1-9(10-5-4-6-14-7-10)15-11(16)12(2,3)8-13/h4-7,9H,8H2,1-3H3,(H,15,16). The molecule has 0 spiro atoms. The van der Waals surface area contributed by atoms with Gasteiger partial charge in [-0.2, -0.15) is 0 Å². The summed E-state index contributed by atoms with van der Waals surface area (Å²) in [5.41, 5.74) is 0.444. The van der Waals surface area contributed by atoms with Gasteiger partial charge in [0.2, 0.25) is 5.91 Å². The maximum atomic E-state index is 11.9. The molecule has 1 rings (SSSR count). The van der Waals surface area contributed by atoms with E-state index in [-0.39, 0.29) is 11.9 Å². The fourth-order valence-electron chi connectivity index (χ4n) is 1.17. The van der Waals surface area contributed by atoms with Gasteiger partial charge in [-0.25, -0.2) is 0 Å². The second-order valence-electron chi connectivity index (χ2n) is 4.50. The van der Waals surface area contributed by atoms with Crippen LogP contribution in [0.15, 0.2) is 24.5 Å². The van der Waals surface area contributed by atoms with E-state index in [1.54, 1.807) is 12.4 Å². The van der Waals surface area contributed by atoms with E-state index in [2.05, 4.69) is 10.3 Å². The summed E-state index contributed by atoms with van der Waals surface area (Å²) in [7, 11) is 0. The first-order chi connectivity index (χ1) is 7.47.